The Labute approximate surface area is 89.9 Å². The molecular formula is C13H28O. The number of hydrogen-bond acceptors (Lipinski definition) is 1. The molecule has 0 aromatic carbocycles. The maximum Gasteiger partial charge on any atom is 0.0629 e. The fraction of sp³-hybridized carbons (Fsp3) is 1.00. The molecule has 14 heavy (non-hydrogen) atoms. The molecule has 0 aromatic rings. The van der Waals surface area contributed by atoms with Crippen molar-refractivity contribution in [3.05, 3.63) is 0 Å². The maximum atomic E-state index is 10.3. The van der Waals surface area contributed by atoms with Crippen molar-refractivity contribution in [2.45, 2.75) is 73.3 Å². The molecule has 0 aromatic heterocycles. The van der Waals surface area contributed by atoms with Crippen molar-refractivity contribution in [2.24, 2.45) is 10.8 Å². The summed E-state index contributed by atoms with van der Waals surface area (Å²) in [5.74, 6) is 0. The highest BCUT2D eigenvalue weighted by atomic mass is 16.3. The largest absolute Gasteiger partial charge is 0.390 e. The molecule has 0 aliphatic heterocycles. The minimum absolute atomic E-state index is 0.202. The summed E-state index contributed by atoms with van der Waals surface area (Å²) in [5, 5.41) is 10.3. The first kappa shape index (κ1) is 14.0. The van der Waals surface area contributed by atoms with Gasteiger partial charge in [-0.2, -0.15) is 0 Å². The van der Waals surface area contributed by atoms with E-state index in [4.69, 9.17) is 0 Å². The van der Waals surface area contributed by atoms with E-state index in [1.165, 1.54) is 0 Å². The Hall–Kier alpha value is -0.0400. The standard InChI is InChI=1S/C13H28O/c1-8-12(5,6)10-13(7,14)9-11(2,3)4/h14H,8-10H2,1-7H3. The molecule has 1 heteroatoms. The van der Waals surface area contributed by atoms with Crippen molar-refractivity contribution in [1.29, 1.82) is 0 Å². The molecule has 0 bridgehead atoms. The zero-order chi connectivity index (χ0) is 11.6. The van der Waals surface area contributed by atoms with Gasteiger partial charge in [0, 0.05) is 0 Å². The second-order valence-corrected chi connectivity index (χ2v) is 6.93. The third-order valence-electron chi connectivity index (χ3n) is 2.73. The van der Waals surface area contributed by atoms with Gasteiger partial charge in [-0.3, -0.25) is 0 Å². The van der Waals surface area contributed by atoms with Crippen LogP contribution < -0.4 is 0 Å². The molecular weight excluding hydrogens is 172 g/mol. The molecule has 0 saturated carbocycles. The van der Waals surface area contributed by atoms with Gasteiger partial charge in [-0.25, -0.2) is 0 Å². The molecule has 0 fully saturated rings. The first-order valence-corrected chi connectivity index (χ1v) is 5.70. The minimum Gasteiger partial charge on any atom is -0.390 e. The SMILES string of the molecule is CCC(C)(C)CC(C)(O)CC(C)(C)C. The van der Waals surface area contributed by atoms with Crippen molar-refractivity contribution < 1.29 is 5.11 Å². The van der Waals surface area contributed by atoms with Crippen LogP contribution in [-0.2, 0) is 0 Å². The molecule has 1 N–H and O–H groups in total. The zero-order valence-electron chi connectivity index (χ0n) is 11.1. The van der Waals surface area contributed by atoms with E-state index >= 15 is 0 Å². The molecule has 0 heterocycles. The molecule has 0 spiro atoms. The average Bonchev–Trinajstić information content (AvgIpc) is 1.78. The van der Waals surface area contributed by atoms with Crippen LogP contribution in [0.2, 0.25) is 0 Å². The predicted octanol–water partition coefficient (Wildman–Crippen LogP) is 4.00. The van der Waals surface area contributed by atoms with Crippen LogP contribution in [0.3, 0.4) is 0 Å². The van der Waals surface area contributed by atoms with Crippen molar-refractivity contribution in [3.63, 3.8) is 0 Å². The highest BCUT2D eigenvalue weighted by Gasteiger charge is 2.32. The van der Waals surface area contributed by atoms with Crippen LogP contribution in [0.25, 0.3) is 0 Å². The van der Waals surface area contributed by atoms with Crippen LogP contribution >= 0.6 is 0 Å². The van der Waals surface area contributed by atoms with E-state index < -0.39 is 5.60 Å². The highest BCUT2D eigenvalue weighted by molar-refractivity contribution is 4.85. The summed E-state index contributed by atoms with van der Waals surface area (Å²) in [6.45, 7) is 15.2. The van der Waals surface area contributed by atoms with Gasteiger partial charge >= 0.3 is 0 Å². The smallest absolute Gasteiger partial charge is 0.0629 e. The van der Waals surface area contributed by atoms with Crippen molar-refractivity contribution in [1.82, 2.24) is 0 Å². The van der Waals surface area contributed by atoms with E-state index in [-0.39, 0.29) is 10.8 Å². The maximum absolute atomic E-state index is 10.3. The molecule has 0 saturated heterocycles. The van der Waals surface area contributed by atoms with Gasteiger partial charge in [0.05, 0.1) is 5.60 Å². The lowest BCUT2D eigenvalue weighted by Gasteiger charge is -2.37. The van der Waals surface area contributed by atoms with Crippen LogP contribution in [0.4, 0.5) is 0 Å². The third kappa shape index (κ3) is 6.42. The van der Waals surface area contributed by atoms with Crippen LogP contribution in [-0.4, -0.2) is 10.7 Å². The molecule has 0 aliphatic carbocycles. The number of hydrogen-bond donors (Lipinski definition) is 1. The van der Waals surface area contributed by atoms with Gasteiger partial charge in [-0.05, 0) is 30.6 Å². The molecule has 86 valence electrons. The third-order valence-corrected chi connectivity index (χ3v) is 2.73. The summed E-state index contributed by atoms with van der Waals surface area (Å²) in [6.07, 6.45) is 2.87. The minimum atomic E-state index is -0.530. The Morgan fingerprint density at radius 1 is 0.857 bits per heavy atom. The lowest BCUT2D eigenvalue weighted by Crippen LogP contribution is -2.35. The quantitative estimate of drug-likeness (QED) is 0.727. The Morgan fingerprint density at radius 2 is 1.29 bits per heavy atom. The van der Waals surface area contributed by atoms with Gasteiger partial charge in [0.2, 0.25) is 0 Å². The first-order chi connectivity index (χ1) is 5.97. The topological polar surface area (TPSA) is 20.2 Å². The normalized spacial score (nSPS) is 18.0. The van der Waals surface area contributed by atoms with Crippen LogP contribution in [0.5, 0.6) is 0 Å². The van der Waals surface area contributed by atoms with Crippen molar-refractivity contribution in [2.75, 3.05) is 0 Å². The van der Waals surface area contributed by atoms with Crippen molar-refractivity contribution in [3.8, 4) is 0 Å². The Bertz CT molecular complexity index is 172. The second kappa shape index (κ2) is 4.22. The zero-order valence-corrected chi connectivity index (χ0v) is 11.1. The second-order valence-electron chi connectivity index (χ2n) is 6.93. The van der Waals surface area contributed by atoms with Crippen LogP contribution in [0.15, 0.2) is 0 Å². The van der Waals surface area contributed by atoms with Crippen molar-refractivity contribution >= 4 is 0 Å². The van der Waals surface area contributed by atoms with E-state index in [1.54, 1.807) is 0 Å². The molecule has 0 aliphatic rings. The summed E-state index contributed by atoms with van der Waals surface area (Å²) < 4.78 is 0. The summed E-state index contributed by atoms with van der Waals surface area (Å²) in [4.78, 5) is 0. The van der Waals surface area contributed by atoms with Gasteiger partial charge in [0.1, 0.15) is 0 Å². The highest BCUT2D eigenvalue weighted by Crippen LogP contribution is 2.37. The fourth-order valence-electron chi connectivity index (χ4n) is 2.36. The lowest BCUT2D eigenvalue weighted by atomic mass is 9.73. The Morgan fingerprint density at radius 3 is 1.57 bits per heavy atom. The summed E-state index contributed by atoms with van der Waals surface area (Å²) in [7, 11) is 0. The van der Waals surface area contributed by atoms with Gasteiger partial charge in [-0.1, -0.05) is 48.0 Å². The molecule has 1 unspecified atom stereocenters. The van der Waals surface area contributed by atoms with E-state index in [0.717, 1.165) is 19.3 Å². The van der Waals surface area contributed by atoms with Gasteiger partial charge in [0.25, 0.3) is 0 Å². The molecule has 1 nitrogen and oxygen atoms in total. The molecule has 0 rings (SSSR count). The Kier molecular flexibility index (Phi) is 4.21. The average molecular weight is 200 g/mol. The van der Waals surface area contributed by atoms with Gasteiger partial charge in [0.15, 0.2) is 0 Å². The first-order valence-electron chi connectivity index (χ1n) is 5.70. The fourth-order valence-corrected chi connectivity index (χ4v) is 2.36. The summed E-state index contributed by atoms with van der Waals surface area (Å²) in [5.41, 5.74) is -0.0835. The summed E-state index contributed by atoms with van der Waals surface area (Å²) in [6, 6.07) is 0. The molecule has 1 atom stereocenters. The number of aliphatic hydroxyl groups is 1. The van der Waals surface area contributed by atoms with E-state index in [9.17, 15) is 5.11 Å². The van der Waals surface area contributed by atoms with Gasteiger partial charge in [-0.15, -0.1) is 0 Å². The molecule has 0 amide bonds. The van der Waals surface area contributed by atoms with Crippen LogP contribution in [0.1, 0.15) is 67.7 Å². The number of rotatable bonds is 4. The van der Waals surface area contributed by atoms with E-state index in [2.05, 4.69) is 41.5 Å². The van der Waals surface area contributed by atoms with Crippen LogP contribution in [0, 0.1) is 10.8 Å². The lowest BCUT2D eigenvalue weighted by molar-refractivity contribution is -0.0187. The molecule has 0 radical (unpaired) electrons. The summed E-state index contributed by atoms with van der Waals surface area (Å²) >= 11 is 0. The van der Waals surface area contributed by atoms with E-state index in [0.29, 0.717) is 0 Å². The van der Waals surface area contributed by atoms with E-state index in [1.807, 2.05) is 6.92 Å². The Balaban J connectivity index is 4.35. The van der Waals surface area contributed by atoms with Gasteiger partial charge < -0.3 is 5.11 Å². The predicted molar refractivity (Wildman–Crippen MR) is 63.4 cm³/mol. The monoisotopic (exact) mass is 200 g/mol.